The highest BCUT2D eigenvalue weighted by Crippen LogP contribution is 2.36. The lowest BCUT2D eigenvalue weighted by atomic mass is 10.3. The summed E-state index contributed by atoms with van der Waals surface area (Å²) in [5, 5.41) is 13.0. The van der Waals surface area contributed by atoms with Crippen LogP contribution in [0.2, 0.25) is 0 Å². The van der Waals surface area contributed by atoms with Gasteiger partial charge >= 0.3 is 0 Å². The Morgan fingerprint density at radius 1 is 1.53 bits per heavy atom. The molecule has 0 unspecified atom stereocenters. The number of ether oxygens (including phenoxy) is 1. The maximum Gasteiger partial charge on any atom is 0.128 e. The van der Waals surface area contributed by atoms with E-state index in [1.54, 1.807) is 0 Å². The Morgan fingerprint density at radius 2 is 2.33 bits per heavy atom. The first-order valence-corrected chi connectivity index (χ1v) is 6.03. The summed E-state index contributed by atoms with van der Waals surface area (Å²) in [5.74, 6) is 0. The Labute approximate surface area is 97.4 Å². The highest BCUT2D eigenvalue weighted by atomic mass is 79.9. The molecule has 1 fully saturated rings. The summed E-state index contributed by atoms with van der Waals surface area (Å²) in [6.07, 6.45) is 3.33. The van der Waals surface area contributed by atoms with Gasteiger partial charge in [-0.3, -0.25) is 4.68 Å². The van der Waals surface area contributed by atoms with Gasteiger partial charge in [0.2, 0.25) is 0 Å². The van der Waals surface area contributed by atoms with Crippen molar-refractivity contribution in [3.8, 4) is 0 Å². The van der Waals surface area contributed by atoms with Gasteiger partial charge in [-0.25, -0.2) is 0 Å². The van der Waals surface area contributed by atoms with Crippen LogP contribution in [0.25, 0.3) is 0 Å². The Bertz CT molecular complexity index is 323. The minimum atomic E-state index is 0.0889. The Morgan fingerprint density at radius 3 is 3.00 bits per heavy atom. The van der Waals surface area contributed by atoms with Crippen molar-refractivity contribution in [3.05, 3.63) is 16.4 Å². The zero-order valence-electron chi connectivity index (χ0n) is 8.53. The molecule has 1 heterocycles. The van der Waals surface area contributed by atoms with E-state index in [4.69, 9.17) is 9.84 Å². The van der Waals surface area contributed by atoms with E-state index in [9.17, 15) is 0 Å². The quantitative estimate of drug-likeness (QED) is 0.801. The standard InChI is InChI=1S/C10H15BrN2O2/c11-10-7-9(3-5-15-6-4-14)13(12-10)8-1-2-8/h7-8,14H,1-6H2. The summed E-state index contributed by atoms with van der Waals surface area (Å²) in [6, 6.07) is 2.64. The second kappa shape index (κ2) is 5.09. The molecule has 2 rings (SSSR count). The van der Waals surface area contributed by atoms with Gasteiger partial charge in [0.1, 0.15) is 4.60 Å². The van der Waals surface area contributed by atoms with Gasteiger partial charge in [0.15, 0.2) is 0 Å². The highest BCUT2D eigenvalue weighted by molar-refractivity contribution is 9.10. The van der Waals surface area contributed by atoms with Gasteiger partial charge in [0.05, 0.1) is 25.9 Å². The van der Waals surface area contributed by atoms with Crippen LogP contribution in [0.4, 0.5) is 0 Å². The molecule has 0 bridgehead atoms. The lowest BCUT2D eigenvalue weighted by molar-refractivity contribution is 0.0935. The van der Waals surface area contributed by atoms with Crippen LogP contribution in [0.15, 0.2) is 10.7 Å². The third-order valence-corrected chi connectivity index (χ3v) is 2.80. The summed E-state index contributed by atoms with van der Waals surface area (Å²) in [6.45, 7) is 1.15. The van der Waals surface area contributed by atoms with Gasteiger partial charge in [-0.05, 0) is 34.8 Å². The summed E-state index contributed by atoms with van der Waals surface area (Å²) >= 11 is 3.39. The number of aliphatic hydroxyl groups excluding tert-OH is 1. The van der Waals surface area contributed by atoms with E-state index >= 15 is 0 Å². The normalized spacial score (nSPS) is 15.9. The van der Waals surface area contributed by atoms with Crippen LogP contribution in [-0.2, 0) is 11.2 Å². The van der Waals surface area contributed by atoms with Crippen LogP contribution in [0.3, 0.4) is 0 Å². The summed E-state index contributed by atoms with van der Waals surface area (Å²) in [5.41, 5.74) is 1.21. The molecule has 0 saturated heterocycles. The number of hydrogen-bond donors (Lipinski definition) is 1. The molecule has 0 spiro atoms. The van der Waals surface area contributed by atoms with Gasteiger partial charge in [0.25, 0.3) is 0 Å². The fourth-order valence-corrected chi connectivity index (χ4v) is 2.00. The van der Waals surface area contributed by atoms with Gasteiger partial charge in [0, 0.05) is 12.1 Å². The fourth-order valence-electron chi connectivity index (χ4n) is 1.56. The van der Waals surface area contributed by atoms with Crippen molar-refractivity contribution in [2.24, 2.45) is 0 Å². The maximum atomic E-state index is 8.57. The first-order valence-electron chi connectivity index (χ1n) is 5.24. The topological polar surface area (TPSA) is 47.3 Å². The summed E-state index contributed by atoms with van der Waals surface area (Å²) < 4.78 is 8.23. The van der Waals surface area contributed by atoms with Crippen molar-refractivity contribution in [2.45, 2.75) is 25.3 Å². The van der Waals surface area contributed by atoms with E-state index in [0.717, 1.165) is 11.0 Å². The third-order valence-electron chi connectivity index (χ3n) is 2.41. The molecule has 1 aliphatic rings. The Hall–Kier alpha value is -0.390. The molecule has 84 valence electrons. The number of nitrogens with zero attached hydrogens (tertiary/aromatic N) is 2. The van der Waals surface area contributed by atoms with E-state index < -0.39 is 0 Å². The minimum Gasteiger partial charge on any atom is -0.394 e. The van der Waals surface area contributed by atoms with E-state index in [-0.39, 0.29) is 6.61 Å². The van der Waals surface area contributed by atoms with Gasteiger partial charge in [-0.2, -0.15) is 5.10 Å². The van der Waals surface area contributed by atoms with Crippen molar-refractivity contribution >= 4 is 15.9 Å². The van der Waals surface area contributed by atoms with E-state index in [2.05, 4.69) is 25.7 Å². The third kappa shape index (κ3) is 3.03. The number of rotatable bonds is 6. The average Bonchev–Trinajstić information content (AvgIpc) is 2.99. The lowest BCUT2D eigenvalue weighted by Gasteiger charge is -2.05. The molecule has 1 saturated carbocycles. The van der Waals surface area contributed by atoms with E-state index in [1.165, 1.54) is 18.5 Å². The largest absolute Gasteiger partial charge is 0.394 e. The summed E-state index contributed by atoms with van der Waals surface area (Å²) in [4.78, 5) is 0. The zero-order valence-corrected chi connectivity index (χ0v) is 10.1. The van der Waals surface area contributed by atoms with Crippen LogP contribution in [0, 0.1) is 0 Å². The Kier molecular flexibility index (Phi) is 3.77. The van der Waals surface area contributed by atoms with Crippen molar-refractivity contribution in [3.63, 3.8) is 0 Å². The van der Waals surface area contributed by atoms with Gasteiger partial charge < -0.3 is 9.84 Å². The van der Waals surface area contributed by atoms with Crippen LogP contribution < -0.4 is 0 Å². The lowest BCUT2D eigenvalue weighted by Crippen LogP contribution is -2.08. The van der Waals surface area contributed by atoms with Crippen molar-refractivity contribution in [1.82, 2.24) is 9.78 Å². The highest BCUT2D eigenvalue weighted by Gasteiger charge is 2.26. The SMILES string of the molecule is OCCOCCc1cc(Br)nn1C1CC1. The van der Waals surface area contributed by atoms with Crippen LogP contribution in [-0.4, -0.2) is 34.7 Å². The molecule has 1 aliphatic carbocycles. The number of hydrogen-bond acceptors (Lipinski definition) is 3. The van der Waals surface area contributed by atoms with Crippen molar-refractivity contribution in [2.75, 3.05) is 19.8 Å². The van der Waals surface area contributed by atoms with Gasteiger partial charge in [-0.15, -0.1) is 0 Å². The number of aliphatic hydroxyl groups is 1. The molecule has 15 heavy (non-hydrogen) atoms. The Balaban J connectivity index is 1.88. The molecule has 0 amide bonds. The second-order valence-electron chi connectivity index (χ2n) is 3.72. The molecule has 1 aromatic rings. The molecule has 1 N–H and O–H groups in total. The molecule has 0 radical (unpaired) electrons. The molecule has 4 nitrogen and oxygen atoms in total. The van der Waals surface area contributed by atoms with Crippen LogP contribution in [0.5, 0.6) is 0 Å². The van der Waals surface area contributed by atoms with Crippen LogP contribution >= 0.6 is 15.9 Å². The first-order chi connectivity index (χ1) is 7.31. The molecule has 1 aromatic heterocycles. The number of halogens is 1. The molecular weight excluding hydrogens is 260 g/mol. The monoisotopic (exact) mass is 274 g/mol. The average molecular weight is 275 g/mol. The summed E-state index contributed by atoms with van der Waals surface area (Å²) in [7, 11) is 0. The van der Waals surface area contributed by atoms with E-state index in [0.29, 0.717) is 19.3 Å². The second-order valence-corrected chi connectivity index (χ2v) is 4.53. The van der Waals surface area contributed by atoms with E-state index in [1.807, 2.05) is 6.07 Å². The fraction of sp³-hybridized carbons (Fsp3) is 0.700. The van der Waals surface area contributed by atoms with Crippen molar-refractivity contribution in [1.29, 1.82) is 0 Å². The predicted molar refractivity (Wildman–Crippen MR) is 59.8 cm³/mol. The maximum absolute atomic E-state index is 8.57. The number of aromatic nitrogens is 2. The smallest absolute Gasteiger partial charge is 0.128 e. The predicted octanol–water partition coefficient (Wildman–Crippen LogP) is 1.53. The molecule has 5 heteroatoms. The minimum absolute atomic E-state index is 0.0889. The first kappa shape index (κ1) is 11.1. The van der Waals surface area contributed by atoms with Crippen molar-refractivity contribution < 1.29 is 9.84 Å². The molecule has 0 aromatic carbocycles. The molecular formula is C10H15BrN2O2. The van der Waals surface area contributed by atoms with Crippen LogP contribution in [0.1, 0.15) is 24.6 Å². The molecule has 0 atom stereocenters. The van der Waals surface area contributed by atoms with Gasteiger partial charge in [-0.1, -0.05) is 0 Å². The zero-order chi connectivity index (χ0) is 10.7. The molecule has 0 aliphatic heterocycles.